The summed E-state index contributed by atoms with van der Waals surface area (Å²) in [6.45, 7) is 1.65. The number of pyridine rings is 1. The van der Waals surface area contributed by atoms with Gasteiger partial charge in [0.25, 0.3) is 10.0 Å². The van der Waals surface area contributed by atoms with Crippen LogP contribution in [0.25, 0.3) is 11.3 Å². The van der Waals surface area contributed by atoms with Crippen molar-refractivity contribution in [2.24, 2.45) is 0 Å². The molecule has 0 bridgehead atoms. The van der Waals surface area contributed by atoms with Crippen molar-refractivity contribution in [3.63, 3.8) is 0 Å². The third kappa shape index (κ3) is 5.74. The van der Waals surface area contributed by atoms with Gasteiger partial charge in [0, 0.05) is 25.1 Å². The van der Waals surface area contributed by atoms with E-state index >= 15 is 0 Å². The number of aryl methyl sites for hydroxylation is 1. The summed E-state index contributed by atoms with van der Waals surface area (Å²) in [6.07, 6.45) is -1.23. The molecule has 1 saturated carbocycles. The van der Waals surface area contributed by atoms with Crippen molar-refractivity contribution >= 4 is 33.2 Å². The van der Waals surface area contributed by atoms with E-state index in [0.717, 1.165) is 43.6 Å². The average Bonchev–Trinajstić information content (AvgIpc) is 3.24. The second-order valence-electron chi connectivity index (χ2n) is 9.66. The van der Waals surface area contributed by atoms with Crippen molar-refractivity contribution in [3.8, 4) is 11.3 Å². The smallest absolute Gasteiger partial charge is 0.416 e. The van der Waals surface area contributed by atoms with Crippen LogP contribution in [0, 0.1) is 0 Å². The predicted molar refractivity (Wildman–Crippen MR) is 135 cm³/mol. The number of halogens is 4. The molecule has 1 aliphatic carbocycles. The highest BCUT2D eigenvalue weighted by molar-refractivity contribution is 7.89. The molecule has 0 unspecified atom stereocenters. The Morgan fingerprint density at radius 2 is 1.76 bits per heavy atom. The van der Waals surface area contributed by atoms with Gasteiger partial charge in [-0.05, 0) is 85.7 Å². The molecule has 1 aromatic carbocycles. The fourth-order valence-electron chi connectivity index (χ4n) is 4.61. The zero-order valence-electron chi connectivity index (χ0n) is 20.2. The highest BCUT2D eigenvalue weighted by Gasteiger charge is 2.52. The fourth-order valence-corrected chi connectivity index (χ4v) is 6.18. The van der Waals surface area contributed by atoms with E-state index in [1.807, 2.05) is 6.07 Å². The Morgan fingerprint density at radius 1 is 1.08 bits per heavy atom. The van der Waals surface area contributed by atoms with Gasteiger partial charge in [0.1, 0.15) is 5.82 Å². The summed E-state index contributed by atoms with van der Waals surface area (Å²) in [5.74, 6) is 0.466. The maximum absolute atomic E-state index is 13.1. The number of furan rings is 1. The molecule has 1 saturated heterocycles. The minimum Gasteiger partial charge on any atom is -0.432 e. The van der Waals surface area contributed by atoms with Crippen LogP contribution in [0.1, 0.15) is 43.2 Å². The maximum Gasteiger partial charge on any atom is 0.416 e. The van der Waals surface area contributed by atoms with Crippen LogP contribution in [0.5, 0.6) is 0 Å². The summed E-state index contributed by atoms with van der Waals surface area (Å²) in [5.41, 5.74) is -0.0743. The lowest BCUT2D eigenvalue weighted by molar-refractivity contribution is -0.137. The number of hydrogen-bond acceptors (Lipinski definition) is 6. The van der Waals surface area contributed by atoms with Crippen LogP contribution in [0.4, 0.5) is 19.0 Å². The van der Waals surface area contributed by atoms with E-state index in [4.69, 9.17) is 21.0 Å². The Bertz CT molecular complexity index is 1450. The van der Waals surface area contributed by atoms with E-state index in [1.165, 1.54) is 24.3 Å². The first-order valence-electron chi connectivity index (χ1n) is 12.2. The Kier molecular flexibility index (Phi) is 7.04. The molecule has 7 nitrogen and oxygen atoms in total. The molecule has 3 aromatic rings. The van der Waals surface area contributed by atoms with Crippen molar-refractivity contribution in [3.05, 3.63) is 64.9 Å². The number of rotatable bonds is 9. The molecule has 1 aliphatic heterocycles. The third-order valence-corrected chi connectivity index (χ3v) is 8.49. The summed E-state index contributed by atoms with van der Waals surface area (Å²) in [7, 11) is -4.06. The summed E-state index contributed by atoms with van der Waals surface area (Å²) >= 11 is 5.69. The van der Waals surface area contributed by atoms with Gasteiger partial charge in [-0.1, -0.05) is 12.1 Å². The zero-order valence-corrected chi connectivity index (χ0v) is 21.8. The predicted octanol–water partition coefficient (Wildman–Crippen LogP) is 5.63. The van der Waals surface area contributed by atoms with Crippen molar-refractivity contribution in [1.82, 2.24) is 9.71 Å². The monoisotopic (exact) mass is 567 g/mol. The molecule has 0 spiro atoms. The molecule has 0 amide bonds. The third-order valence-electron chi connectivity index (χ3n) is 6.88. The number of nitrogens with zero attached hydrogens (tertiary/aromatic N) is 2. The summed E-state index contributed by atoms with van der Waals surface area (Å²) in [5, 5.41) is -0.427. The zero-order chi connectivity index (χ0) is 27.1. The van der Waals surface area contributed by atoms with E-state index in [9.17, 15) is 26.4 Å². The second-order valence-corrected chi connectivity index (χ2v) is 11.6. The highest BCUT2D eigenvalue weighted by Crippen LogP contribution is 2.39. The number of sulfonamides is 1. The van der Waals surface area contributed by atoms with E-state index < -0.39 is 27.3 Å². The van der Waals surface area contributed by atoms with E-state index in [2.05, 4.69) is 9.62 Å². The summed E-state index contributed by atoms with van der Waals surface area (Å²) < 4.78 is 71.9. The number of alkyl halides is 3. The van der Waals surface area contributed by atoms with Gasteiger partial charge < -0.3 is 9.32 Å². The van der Waals surface area contributed by atoms with Crippen molar-refractivity contribution in [2.45, 2.75) is 55.3 Å². The number of carbonyl (C=O) groups is 1. The molecule has 0 radical (unpaired) electrons. The van der Waals surface area contributed by atoms with Crippen LogP contribution in [-0.2, 0) is 27.4 Å². The van der Waals surface area contributed by atoms with Crippen molar-refractivity contribution < 1.29 is 30.8 Å². The molecule has 1 N–H and O–H groups in total. The lowest BCUT2D eigenvalue weighted by Crippen LogP contribution is -2.43. The Balaban J connectivity index is 1.35. The van der Waals surface area contributed by atoms with Crippen molar-refractivity contribution in [1.29, 1.82) is 0 Å². The number of aromatic nitrogens is 1. The van der Waals surface area contributed by atoms with Crippen molar-refractivity contribution in [2.75, 3.05) is 18.0 Å². The molecule has 2 aromatic heterocycles. The van der Waals surface area contributed by atoms with Crippen LogP contribution in [0.3, 0.4) is 0 Å². The SMILES string of the molecule is O=C(CCc1cc(-c2ccc(C(F)(F)F)cc2)nc(N2CCCC2)c1)C1(NS(=O)(=O)c2ccc(Cl)o2)CC1. The number of nitrogens with one attached hydrogen (secondary N) is 1. The van der Waals surface area contributed by atoms with Gasteiger partial charge in [-0.3, -0.25) is 4.79 Å². The molecule has 202 valence electrons. The molecule has 0 atom stereocenters. The minimum atomic E-state index is -4.43. The molecule has 3 heterocycles. The normalized spacial score (nSPS) is 17.1. The van der Waals surface area contributed by atoms with Gasteiger partial charge in [0.05, 0.1) is 16.8 Å². The minimum absolute atomic E-state index is 0.0723. The molecule has 5 rings (SSSR count). The standard InChI is InChI=1S/C26H25ClF3N3O4S/c27-22-9-10-24(37-22)38(35,36)32-25(11-12-25)21(34)8-3-17-15-20(31-23(16-17)33-13-1-2-14-33)18-4-6-19(7-5-18)26(28,29)30/h4-7,9-10,15-16,32H,1-3,8,11-14H2. The number of benzene rings is 1. The first-order chi connectivity index (χ1) is 18.0. The average molecular weight is 568 g/mol. The van der Waals surface area contributed by atoms with Crippen LogP contribution >= 0.6 is 11.6 Å². The number of anilines is 1. The van der Waals surface area contributed by atoms with Gasteiger partial charge in [0.15, 0.2) is 11.0 Å². The Labute approximate surface area is 223 Å². The molecule has 2 aliphatic rings. The van der Waals surface area contributed by atoms with Gasteiger partial charge in [0.2, 0.25) is 5.09 Å². The number of Topliss-reactive ketones (excluding diaryl/α,β-unsaturated/α-hetero) is 1. The molecule has 2 fully saturated rings. The van der Waals surface area contributed by atoms with Gasteiger partial charge in [-0.25, -0.2) is 13.4 Å². The highest BCUT2D eigenvalue weighted by atomic mass is 35.5. The van der Waals surface area contributed by atoms with Crippen LogP contribution in [-0.4, -0.2) is 37.8 Å². The van der Waals surface area contributed by atoms with Crippen LogP contribution in [0.2, 0.25) is 5.22 Å². The topological polar surface area (TPSA) is 92.5 Å². The van der Waals surface area contributed by atoms with E-state index in [1.54, 1.807) is 6.07 Å². The maximum atomic E-state index is 13.1. The number of hydrogen-bond donors (Lipinski definition) is 1. The van der Waals surface area contributed by atoms with Gasteiger partial charge in [-0.15, -0.1) is 0 Å². The summed E-state index contributed by atoms with van der Waals surface area (Å²) in [4.78, 5) is 19.9. The van der Waals surface area contributed by atoms with Gasteiger partial charge in [-0.2, -0.15) is 17.9 Å². The van der Waals surface area contributed by atoms with E-state index in [0.29, 0.717) is 36.3 Å². The molecular formula is C26H25ClF3N3O4S. The lowest BCUT2D eigenvalue weighted by Gasteiger charge is -2.19. The molecule has 38 heavy (non-hydrogen) atoms. The second kappa shape index (κ2) is 10.0. The lowest BCUT2D eigenvalue weighted by atomic mass is 10.0. The van der Waals surface area contributed by atoms with E-state index in [-0.39, 0.29) is 22.5 Å². The molecular weight excluding hydrogens is 543 g/mol. The van der Waals surface area contributed by atoms with Crippen LogP contribution in [0.15, 0.2) is 58.0 Å². The van der Waals surface area contributed by atoms with Gasteiger partial charge >= 0.3 is 6.18 Å². The Hall–Kier alpha value is -2.89. The quantitative estimate of drug-likeness (QED) is 0.360. The van der Waals surface area contributed by atoms with Crippen LogP contribution < -0.4 is 9.62 Å². The summed E-state index contributed by atoms with van der Waals surface area (Å²) in [6, 6.07) is 11.0. The first kappa shape index (κ1) is 26.7. The number of carbonyl (C=O) groups excluding carboxylic acids is 1. The largest absolute Gasteiger partial charge is 0.432 e. The molecule has 12 heteroatoms. The fraction of sp³-hybridized carbons (Fsp3) is 0.385. The Morgan fingerprint density at radius 3 is 2.34 bits per heavy atom. The first-order valence-corrected chi connectivity index (χ1v) is 14.1. The number of ketones is 1.